The van der Waals surface area contributed by atoms with Crippen LogP contribution in [0.5, 0.6) is 0 Å². The highest BCUT2D eigenvalue weighted by Gasteiger charge is 2.39. The number of nitriles is 1. The number of halogens is 4. The number of rotatable bonds is 2. The highest BCUT2D eigenvalue weighted by atomic mass is 79.9. The van der Waals surface area contributed by atoms with Crippen molar-refractivity contribution < 1.29 is 18.0 Å². The van der Waals surface area contributed by atoms with Crippen LogP contribution in [-0.2, 0) is 6.18 Å². The van der Waals surface area contributed by atoms with E-state index in [2.05, 4.69) is 21.2 Å². The van der Waals surface area contributed by atoms with Crippen molar-refractivity contribution in [2.45, 2.75) is 31.0 Å². The molecular weight excluding hydrogens is 337 g/mol. The van der Waals surface area contributed by atoms with E-state index >= 15 is 0 Å². The monoisotopic (exact) mass is 346 g/mol. The molecule has 0 aliphatic heterocycles. The van der Waals surface area contributed by atoms with E-state index in [1.807, 2.05) is 6.07 Å². The number of amides is 1. The number of hydrogen-bond acceptors (Lipinski definition) is 2. The molecule has 0 atom stereocenters. The number of carbonyl (C=O) groups is 1. The molecule has 3 nitrogen and oxygen atoms in total. The Labute approximate surface area is 121 Å². The van der Waals surface area contributed by atoms with Crippen molar-refractivity contribution in [2.24, 2.45) is 0 Å². The van der Waals surface area contributed by atoms with Gasteiger partial charge in [-0.3, -0.25) is 4.79 Å². The minimum absolute atomic E-state index is 0.124. The Morgan fingerprint density at radius 2 is 2.05 bits per heavy atom. The molecule has 0 spiro atoms. The average molecular weight is 347 g/mol. The van der Waals surface area contributed by atoms with Crippen LogP contribution in [-0.4, -0.2) is 11.4 Å². The topological polar surface area (TPSA) is 52.9 Å². The molecule has 0 aromatic heterocycles. The number of carbonyl (C=O) groups excluding carboxylic acids is 1. The lowest BCUT2D eigenvalue weighted by atomic mass is 9.78. The van der Waals surface area contributed by atoms with Gasteiger partial charge in [-0.2, -0.15) is 18.4 Å². The van der Waals surface area contributed by atoms with Gasteiger partial charge in [0.15, 0.2) is 0 Å². The van der Waals surface area contributed by atoms with Gasteiger partial charge in [0.25, 0.3) is 5.91 Å². The van der Waals surface area contributed by atoms with Crippen molar-refractivity contribution in [3.05, 3.63) is 33.8 Å². The largest absolute Gasteiger partial charge is 0.416 e. The van der Waals surface area contributed by atoms with E-state index in [0.717, 1.165) is 18.6 Å². The van der Waals surface area contributed by atoms with Crippen molar-refractivity contribution in [1.82, 2.24) is 5.32 Å². The van der Waals surface area contributed by atoms with Crippen molar-refractivity contribution in [1.29, 1.82) is 5.26 Å². The molecule has 0 bridgehead atoms. The Bertz CT molecular complexity index is 588. The summed E-state index contributed by atoms with van der Waals surface area (Å²) in [6.07, 6.45) is -2.66. The summed E-state index contributed by atoms with van der Waals surface area (Å²) in [5.41, 5.74) is -1.96. The fraction of sp³-hybridized carbons (Fsp3) is 0.385. The molecule has 0 unspecified atom stereocenters. The zero-order valence-corrected chi connectivity index (χ0v) is 11.8. The Morgan fingerprint density at radius 1 is 1.40 bits per heavy atom. The van der Waals surface area contributed by atoms with Crippen LogP contribution < -0.4 is 5.32 Å². The number of hydrogen-bond donors (Lipinski definition) is 1. The second-order valence-corrected chi connectivity index (χ2v) is 5.55. The summed E-state index contributed by atoms with van der Waals surface area (Å²) in [5, 5.41) is 11.5. The standard InChI is InChI=1S/C13H10BrF3N2O/c14-10-3-2-8(13(15,16)17)6-9(10)11(20)19-12(7-18)4-1-5-12/h2-3,6H,1,4-5H2,(H,19,20). The second kappa shape index (κ2) is 5.09. The molecule has 0 radical (unpaired) electrons. The molecule has 7 heteroatoms. The van der Waals surface area contributed by atoms with Crippen LogP contribution in [0.4, 0.5) is 13.2 Å². The average Bonchev–Trinajstić information content (AvgIpc) is 2.32. The maximum absolute atomic E-state index is 12.6. The smallest absolute Gasteiger partial charge is 0.334 e. The minimum Gasteiger partial charge on any atom is -0.334 e. The van der Waals surface area contributed by atoms with Crippen LogP contribution in [0.15, 0.2) is 22.7 Å². The Hall–Kier alpha value is -1.55. The molecule has 0 heterocycles. The van der Waals surface area contributed by atoms with E-state index in [1.165, 1.54) is 6.07 Å². The summed E-state index contributed by atoms with van der Waals surface area (Å²) in [4.78, 5) is 12.1. The number of nitrogens with zero attached hydrogens (tertiary/aromatic N) is 1. The first kappa shape index (κ1) is 14.9. The second-order valence-electron chi connectivity index (χ2n) is 4.69. The highest BCUT2D eigenvalue weighted by Crippen LogP contribution is 2.34. The van der Waals surface area contributed by atoms with Crippen LogP contribution in [0.25, 0.3) is 0 Å². The third kappa shape index (κ3) is 2.80. The predicted molar refractivity (Wildman–Crippen MR) is 68.8 cm³/mol. The molecule has 20 heavy (non-hydrogen) atoms. The number of benzene rings is 1. The van der Waals surface area contributed by atoms with Gasteiger partial charge in [0, 0.05) is 4.47 Å². The van der Waals surface area contributed by atoms with Crippen molar-refractivity contribution >= 4 is 21.8 Å². The van der Waals surface area contributed by atoms with Crippen LogP contribution in [0.3, 0.4) is 0 Å². The van der Waals surface area contributed by atoms with Gasteiger partial charge in [0.1, 0.15) is 5.54 Å². The lowest BCUT2D eigenvalue weighted by molar-refractivity contribution is -0.137. The van der Waals surface area contributed by atoms with Crippen LogP contribution in [0.1, 0.15) is 35.2 Å². The maximum Gasteiger partial charge on any atom is 0.416 e. The minimum atomic E-state index is -4.51. The fourth-order valence-electron chi connectivity index (χ4n) is 1.96. The van der Waals surface area contributed by atoms with Gasteiger partial charge < -0.3 is 5.32 Å². The zero-order chi connectivity index (χ0) is 15.0. The van der Waals surface area contributed by atoms with E-state index in [1.54, 1.807) is 0 Å². The molecule has 1 aromatic rings. The first-order valence-electron chi connectivity index (χ1n) is 5.88. The van der Waals surface area contributed by atoms with Crippen molar-refractivity contribution in [3.8, 4) is 6.07 Å². The SMILES string of the molecule is N#CC1(NC(=O)c2cc(C(F)(F)F)ccc2Br)CCC1. The maximum atomic E-state index is 12.6. The lowest BCUT2D eigenvalue weighted by Crippen LogP contribution is -2.52. The molecule has 1 aliphatic carbocycles. The van der Waals surface area contributed by atoms with Gasteiger partial charge in [-0.1, -0.05) is 0 Å². The van der Waals surface area contributed by atoms with E-state index in [-0.39, 0.29) is 10.0 Å². The normalized spacial score (nSPS) is 16.9. The quantitative estimate of drug-likeness (QED) is 0.888. The molecule has 1 aromatic carbocycles. The summed E-state index contributed by atoms with van der Waals surface area (Å²) in [6.45, 7) is 0. The summed E-state index contributed by atoms with van der Waals surface area (Å²) < 4.78 is 38.2. The molecule has 106 valence electrons. The summed E-state index contributed by atoms with van der Waals surface area (Å²) >= 11 is 3.06. The summed E-state index contributed by atoms with van der Waals surface area (Å²) in [5.74, 6) is -0.677. The molecule has 1 N–H and O–H groups in total. The highest BCUT2D eigenvalue weighted by molar-refractivity contribution is 9.10. The van der Waals surface area contributed by atoms with E-state index in [4.69, 9.17) is 5.26 Å². The first-order chi connectivity index (χ1) is 9.27. The van der Waals surface area contributed by atoms with Crippen LogP contribution in [0.2, 0.25) is 0 Å². The number of alkyl halides is 3. The summed E-state index contributed by atoms with van der Waals surface area (Å²) in [6, 6.07) is 4.86. The fourth-order valence-corrected chi connectivity index (χ4v) is 2.38. The van der Waals surface area contributed by atoms with Crippen LogP contribution >= 0.6 is 15.9 Å². The van der Waals surface area contributed by atoms with E-state index in [9.17, 15) is 18.0 Å². The van der Waals surface area contributed by atoms with Crippen molar-refractivity contribution in [2.75, 3.05) is 0 Å². The number of nitrogens with one attached hydrogen (secondary N) is 1. The van der Waals surface area contributed by atoms with Gasteiger partial charge in [-0.25, -0.2) is 0 Å². The lowest BCUT2D eigenvalue weighted by Gasteiger charge is -2.35. The van der Waals surface area contributed by atoms with Gasteiger partial charge in [0.2, 0.25) is 0 Å². The Balaban J connectivity index is 2.28. The molecule has 0 saturated heterocycles. The predicted octanol–water partition coefficient (Wildman–Crippen LogP) is 3.64. The summed E-state index contributed by atoms with van der Waals surface area (Å²) in [7, 11) is 0. The molecule has 1 fully saturated rings. The Morgan fingerprint density at radius 3 is 2.50 bits per heavy atom. The third-order valence-electron chi connectivity index (χ3n) is 3.31. The van der Waals surface area contributed by atoms with Gasteiger partial charge in [-0.05, 0) is 53.4 Å². The Kier molecular flexibility index (Phi) is 3.78. The van der Waals surface area contributed by atoms with Gasteiger partial charge >= 0.3 is 6.18 Å². The molecular formula is C13H10BrF3N2O. The zero-order valence-electron chi connectivity index (χ0n) is 10.2. The molecule has 1 aliphatic rings. The van der Waals surface area contributed by atoms with E-state index in [0.29, 0.717) is 12.8 Å². The molecule has 1 saturated carbocycles. The first-order valence-corrected chi connectivity index (χ1v) is 6.67. The van der Waals surface area contributed by atoms with E-state index < -0.39 is 23.2 Å². The van der Waals surface area contributed by atoms with Crippen molar-refractivity contribution in [3.63, 3.8) is 0 Å². The molecule has 1 amide bonds. The van der Waals surface area contributed by atoms with Gasteiger partial charge in [-0.15, -0.1) is 0 Å². The third-order valence-corrected chi connectivity index (χ3v) is 4.00. The van der Waals surface area contributed by atoms with Crippen LogP contribution in [0, 0.1) is 11.3 Å². The molecule has 2 rings (SSSR count). The van der Waals surface area contributed by atoms with Gasteiger partial charge in [0.05, 0.1) is 17.2 Å².